The maximum Gasteiger partial charge on any atom is 0.0461 e. The van der Waals surface area contributed by atoms with Crippen molar-refractivity contribution in [1.29, 1.82) is 0 Å². The lowest BCUT2D eigenvalue weighted by atomic mass is 10.1. The summed E-state index contributed by atoms with van der Waals surface area (Å²) in [7, 11) is 0. The van der Waals surface area contributed by atoms with E-state index in [-0.39, 0.29) is 0 Å². The summed E-state index contributed by atoms with van der Waals surface area (Å²) in [4.78, 5) is 9.52. The molecule has 2 rings (SSSR count). The van der Waals surface area contributed by atoms with Gasteiger partial charge in [-0.25, -0.2) is 0 Å². The fourth-order valence-corrected chi connectivity index (χ4v) is 2.67. The molecule has 18 heavy (non-hydrogen) atoms. The Bertz CT molecular complexity index is 361. The van der Waals surface area contributed by atoms with E-state index in [1.54, 1.807) is 0 Å². The molecule has 0 radical (unpaired) electrons. The average Bonchev–Trinajstić information content (AvgIpc) is 2.43. The van der Waals surface area contributed by atoms with Gasteiger partial charge in [0, 0.05) is 31.4 Å². The number of nitrogens with zero attached hydrogens (tertiary/aromatic N) is 3. The molecular weight excluding hydrogens is 222 g/mol. The van der Waals surface area contributed by atoms with E-state index >= 15 is 0 Å². The van der Waals surface area contributed by atoms with Crippen LogP contribution in [0.3, 0.4) is 0 Å². The van der Waals surface area contributed by atoms with Crippen LogP contribution in [0.25, 0.3) is 0 Å². The second-order valence-electron chi connectivity index (χ2n) is 5.02. The summed E-state index contributed by atoms with van der Waals surface area (Å²) in [6.07, 6.45) is 4.30. The maximum absolute atomic E-state index is 4.45. The first kappa shape index (κ1) is 13.5. The predicted molar refractivity (Wildman–Crippen MR) is 75.6 cm³/mol. The molecule has 2 heterocycles. The molecule has 0 aromatic carbocycles. The van der Waals surface area contributed by atoms with Gasteiger partial charge in [-0.3, -0.25) is 9.88 Å². The molecule has 1 aliphatic heterocycles. The molecule has 0 saturated heterocycles. The highest BCUT2D eigenvalue weighted by Crippen LogP contribution is 2.16. The van der Waals surface area contributed by atoms with E-state index in [9.17, 15) is 0 Å². The minimum Gasteiger partial charge on any atom is -0.304 e. The Morgan fingerprint density at radius 3 is 2.94 bits per heavy atom. The number of fused-ring (bicyclic) bond motifs is 1. The Morgan fingerprint density at radius 2 is 2.17 bits per heavy atom. The van der Waals surface area contributed by atoms with Crippen molar-refractivity contribution in [1.82, 2.24) is 14.8 Å². The molecule has 3 heteroatoms. The van der Waals surface area contributed by atoms with E-state index in [4.69, 9.17) is 0 Å². The van der Waals surface area contributed by atoms with Crippen molar-refractivity contribution in [3.63, 3.8) is 0 Å². The lowest BCUT2D eigenvalue weighted by molar-refractivity contribution is 0.222. The molecule has 100 valence electrons. The van der Waals surface area contributed by atoms with Gasteiger partial charge in [0.25, 0.3) is 0 Å². The van der Waals surface area contributed by atoms with Gasteiger partial charge in [-0.1, -0.05) is 19.9 Å². The summed E-state index contributed by atoms with van der Waals surface area (Å²) in [6, 6.07) is 4.27. The number of aromatic nitrogens is 1. The first-order valence-electron chi connectivity index (χ1n) is 7.21. The monoisotopic (exact) mass is 247 g/mol. The average molecular weight is 247 g/mol. The zero-order valence-electron chi connectivity index (χ0n) is 11.7. The summed E-state index contributed by atoms with van der Waals surface area (Å²) in [5, 5.41) is 0. The van der Waals surface area contributed by atoms with Crippen molar-refractivity contribution < 1.29 is 0 Å². The van der Waals surface area contributed by atoms with Crippen molar-refractivity contribution in [2.75, 3.05) is 32.7 Å². The van der Waals surface area contributed by atoms with Crippen LogP contribution in [-0.2, 0) is 13.0 Å². The molecule has 1 aromatic rings. The van der Waals surface area contributed by atoms with Crippen molar-refractivity contribution in [3.05, 3.63) is 29.6 Å². The molecule has 0 amide bonds. The zero-order chi connectivity index (χ0) is 12.8. The smallest absolute Gasteiger partial charge is 0.0461 e. The summed E-state index contributed by atoms with van der Waals surface area (Å²) in [6.45, 7) is 11.5. The molecular formula is C15H25N3. The van der Waals surface area contributed by atoms with Crippen LogP contribution in [-0.4, -0.2) is 47.5 Å². The van der Waals surface area contributed by atoms with Crippen molar-refractivity contribution >= 4 is 0 Å². The van der Waals surface area contributed by atoms with Gasteiger partial charge >= 0.3 is 0 Å². The van der Waals surface area contributed by atoms with E-state index in [1.807, 2.05) is 6.20 Å². The molecule has 0 fully saturated rings. The molecule has 1 aliphatic rings. The van der Waals surface area contributed by atoms with Crippen LogP contribution in [0, 0.1) is 0 Å². The number of pyridine rings is 1. The fraction of sp³-hybridized carbons (Fsp3) is 0.667. The minimum atomic E-state index is 1.08. The van der Waals surface area contributed by atoms with Gasteiger partial charge in [0.05, 0.1) is 0 Å². The first-order valence-corrected chi connectivity index (χ1v) is 7.21. The highest BCUT2D eigenvalue weighted by atomic mass is 15.1. The Balaban J connectivity index is 1.76. The van der Waals surface area contributed by atoms with Crippen LogP contribution in [0.15, 0.2) is 18.3 Å². The number of rotatable bonds is 6. The molecule has 0 aliphatic carbocycles. The summed E-state index contributed by atoms with van der Waals surface area (Å²) < 4.78 is 0. The molecule has 3 nitrogen and oxygen atoms in total. The number of hydrogen-bond acceptors (Lipinski definition) is 3. The third-order valence-corrected chi connectivity index (χ3v) is 3.89. The lowest BCUT2D eigenvalue weighted by Gasteiger charge is -2.28. The van der Waals surface area contributed by atoms with Gasteiger partial charge in [-0.2, -0.15) is 0 Å². The van der Waals surface area contributed by atoms with Gasteiger partial charge in [0.2, 0.25) is 0 Å². The van der Waals surface area contributed by atoms with E-state index in [0.29, 0.717) is 0 Å². The molecule has 0 spiro atoms. The molecule has 0 unspecified atom stereocenters. The Labute approximate surface area is 111 Å². The van der Waals surface area contributed by atoms with Gasteiger partial charge < -0.3 is 4.90 Å². The molecule has 0 bridgehead atoms. The maximum atomic E-state index is 4.45. The zero-order valence-corrected chi connectivity index (χ0v) is 11.7. The van der Waals surface area contributed by atoms with Gasteiger partial charge in [-0.15, -0.1) is 0 Å². The second kappa shape index (κ2) is 6.86. The van der Waals surface area contributed by atoms with Crippen LogP contribution in [0.5, 0.6) is 0 Å². The molecule has 0 atom stereocenters. The summed E-state index contributed by atoms with van der Waals surface area (Å²) in [5.41, 5.74) is 2.73. The van der Waals surface area contributed by atoms with E-state index in [1.165, 1.54) is 50.4 Å². The largest absolute Gasteiger partial charge is 0.304 e. The Hall–Kier alpha value is -0.930. The highest BCUT2D eigenvalue weighted by molar-refractivity contribution is 5.22. The van der Waals surface area contributed by atoms with Gasteiger partial charge in [-0.05, 0) is 44.2 Å². The van der Waals surface area contributed by atoms with Gasteiger partial charge in [0.15, 0.2) is 0 Å². The van der Waals surface area contributed by atoms with E-state index < -0.39 is 0 Å². The van der Waals surface area contributed by atoms with Gasteiger partial charge in [0.1, 0.15) is 0 Å². The predicted octanol–water partition coefficient (Wildman–Crippen LogP) is 2.17. The minimum absolute atomic E-state index is 1.08. The van der Waals surface area contributed by atoms with Crippen molar-refractivity contribution in [3.8, 4) is 0 Å². The Morgan fingerprint density at radius 1 is 1.33 bits per heavy atom. The van der Waals surface area contributed by atoms with Crippen LogP contribution in [0.2, 0.25) is 0 Å². The van der Waals surface area contributed by atoms with Crippen LogP contribution < -0.4 is 0 Å². The van der Waals surface area contributed by atoms with E-state index in [0.717, 1.165) is 13.0 Å². The van der Waals surface area contributed by atoms with Crippen LogP contribution in [0.1, 0.15) is 31.5 Å². The topological polar surface area (TPSA) is 19.4 Å². The standard InChI is InChI=1S/C15H25N3/c1-3-17(4-2)10-6-11-18-12-8-15-14(13-18)7-5-9-16-15/h5,7,9H,3-4,6,8,10-13H2,1-2H3. The summed E-state index contributed by atoms with van der Waals surface area (Å²) >= 11 is 0. The first-order chi connectivity index (χ1) is 8.83. The SMILES string of the molecule is CCN(CC)CCCN1CCc2ncccc2C1. The molecule has 0 N–H and O–H groups in total. The summed E-state index contributed by atoms with van der Waals surface area (Å²) in [5.74, 6) is 0. The fourth-order valence-electron chi connectivity index (χ4n) is 2.67. The number of hydrogen-bond donors (Lipinski definition) is 0. The van der Waals surface area contributed by atoms with Crippen molar-refractivity contribution in [2.24, 2.45) is 0 Å². The highest BCUT2D eigenvalue weighted by Gasteiger charge is 2.16. The third kappa shape index (κ3) is 3.53. The molecule has 1 aromatic heterocycles. The second-order valence-corrected chi connectivity index (χ2v) is 5.02. The van der Waals surface area contributed by atoms with Crippen molar-refractivity contribution in [2.45, 2.75) is 33.2 Å². The molecule has 0 saturated carbocycles. The van der Waals surface area contributed by atoms with Crippen LogP contribution in [0.4, 0.5) is 0 Å². The van der Waals surface area contributed by atoms with Crippen LogP contribution >= 0.6 is 0 Å². The normalized spacial score (nSPS) is 15.9. The lowest BCUT2D eigenvalue weighted by Crippen LogP contribution is -2.34. The Kier molecular flexibility index (Phi) is 5.14. The van der Waals surface area contributed by atoms with E-state index in [2.05, 4.69) is 40.8 Å². The quantitative estimate of drug-likeness (QED) is 0.768. The third-order valence-electron chi connectivity index (χ3n) is 3.89.